The molecular weight excluding hydrogens is 424 g/mol. The van der Waals surface area contributed by atoms with Crippen molar-refractivity contribution < 1.29 is 29.0 Å². The Bertz CT molecular complexity index is 1310. The van der Waals surface area contributed by atoms with Crippen LogP contribution in [0.15, 0.2) is 64.6 Å². The van der Waals surface area contributed by atoms with Gasteiger partial charge in [-0.05, 0) is 49.4 Å². The monoisotopic (exact) mass is 446 g/mol. The molecule has 0 saturated carbocycles. The summed E-state index contributed by atoms with van der Waals surface area (Å²) in [6, 6.07) is 13.7. The minimum atomic E-state index is -1.04. The third-order valence-electron chi connectivity index (χ3n) is 5.94. The van der Waals surface area contributed by atoms with Gasteiger partial charge < -0.3 is 24.3 Å². The van der Waals surface area contributed by atoms with Gasteiger partial charge in [-0.2, -0.15) is 0 Å². The molecule has 0 spiro atoms. The number of phenolic OH excluding ortho intramolecular Hbond substituents is 1. The van der Waals surface area contributed by atoms with Crippen LogP contribution in [-0.2, 0) is 9.59 Å². The minimum Gasteiger partial charge on any atom is -0.507 e. The number of ketones is 1. The number of rotatable bonds is 3. The van der Waals surface area contributed by atoms with Crippen LogP contribution >= 0.6 is 0 Å². The first-order valence-electron chi connectivity index (χ1n) is 10.5. The molecule has 0 aliphatic carbocycles. The highest BCUT2D eigenvalue weighted by Crippen LogP contribution is 2.45. The first-order chi connectivity index (χ1) is 15.9. The zero-order valence-corrected chi connectivity index (χ0v) is 18.1. The molecule has 0 radical (unpaired) electrons. The summed E-state index contributed by atoms with van der Waals surface area (Å²) in [5.41, 5.74) is 1.17. The van der Waals surface area contributed by atoms with Crippen LogP contribution in [0.3, 0.4) is 0 Å². The Hall–Kier alpha value is -4.20. The van der Waals surface area contributed by atoms with Gasteiger partial charge in [0.25, 0.3) is 11.7 Å². The van der Waals surface area contributed by atoms with E-state index in [0.717, 1.165) is 10.6 Å². The molecule has 2 aromatic carbocycles. The number of hydrogen-bond acceptors (Lipinski definition) is 7. The number of furan rings is 1. The predicted octanol–water partition coefficient (Wildman–Crippen LogP) is 3.75. The first-order valence-corrected chi connectivity index (χ1v) is 10.5. The maximum atomic E-state index is 13.2. The average Bonchev–Trinajstić information content (AvgIpc) is 3.35. The van der Waals surface area contributed by atoms with Crippen molar-refractivity contribution in [1.29, 1.82) is 0 Å². The molecule has 3 heterocycles. The number of hydrogen-bond donors (Lipinski definition) is 2. The van der Waals surface area contributed by atoms with Crippen molar-refractivity contribution in [2.45, 2.75) is 13.0 Å². The molecule has 2 aliphatic rings. The van der Waals surface area contributed by atoms with Crippen LogP contribution < -0.4 is 14.5 Å². The zero-order valence-electron chi connectivity index (χ0n) is 18.1. The van der Waals surface area contributed by atoms with Gasteiger partial charge in [-0.15, -0.1) is 0 Å². The Morgan fingerprint density at radius 2 is 1.85 bits per heavy atom. The molecule has 5 rings (SSSR count). The van der Waals surface area contributed by atoms with Gasteiger partial charge in [-0.3, -0.25) is 14.5 Å². The second kappa shape index (κ2) is 7.74. The number of carbonyl (C=O) groups is 2. The number of fused-ring (bicyclic) bond motifs is 1. The van der Waals surface area contributed by atoms with Crippen LogP contribution in [0, 0.1) is 6.92 Å². The number of aryl methyl sites for hydroxylation is 1. The highest BCUT2D eigenvalue weighted by atomic mass is 16.5. The van der Waals surface area contributed by atoms with Gasteiger partial charge in [-0.1, -0.05) is 12.1 Å². The number of aliphatic hydroxyl groups excluding tert-OH is 1. The molecule has 0 bridgehead atoms. The summed E-state index contributed by atoms with van der Waals surface area (Å²) in [6.45, 7) is 2.98. The molecule has 8 nitrogen and oxygen atoms in total. The summed E-state index contributed by atoms with van der Waals surface area (Å²) in [5, 5.41) is 21.7. The Morgan fingerprint density at radius 1 is 1.06 bits per heavy atom. The zero-order chi connectivity index (χ0) is 23.3. The SMILES string of the molecule is Cc1ccc(C2/C(=C(/O)c3ccc4c(c3)N(C)CCO4)C(=O)C(=O)N2c2ccccc2O)o1. The van der Waals surface area contributed by atoms with E-state index in [4.69, 9.17) is 9.15 Å². The van der Waals surface area contributed by atoms with E-state index in [2.05, 4.69) is 0 Å². The summed E-state index contributed by atoms with van der Waals surface area (Å²) in [5.74, 6) is -0.663. The number of Topliss-reactive ketones (excluding diaryl/α,β-unsaturated/α-hetero) is 1. The molecule has 2 N–H and O–H groups in total. The summed E-state index contributed by atoms with van der Waals surface area (Å²) in [4.78, 5) is 29.5. The van der Waals surface area contributed by atoms with Crippen LogP contribution in [0.2, 0.25) is 0 Å². The second-order valence-corrected chi connectivity index (χ2v) is 8.06. The minimum absolute atomic E-state index is 0.114. The molecule has 168 valence electrons. The number of benzene rings is 2. The summed E-state index contributed by atoms with van der Waals surface area (Å²) >= 11 is 0. The number of aliphatic hydroxyl groups is 1. The van der Waals surface area contributed by atoms with Crippen LogP contribution in [-0.4, -0.2) is 42.1 Å². The third kappa shape index (κ3) is 3.31. The smallest absolute Gasteiger partial charge is 0.300 e. The number of anilines is 2. The lowest BCUT2D eigenvalue weighted by Crippen LogP contribution is -2.29. The van der Waals surface area contributed by atoms with E-state index in [1.165, 1.54) is 12.1 Å². The third-order valence-corrected chi connectivity index (χ3v) is 5.94. The maximum absolute atomic E-state index is 13.2. The van der Waals surface area contributed by atoms with Crippen LogP contribution in [0.1, 0.15) is 23.1 Å². The maximum Gasteiger partial charge on any atom is 0.300 e. The van der Waals surface area contributed by atoms with E-state index in [0.29, 0.717) is 36.0 Å². The lowest BCUT2D eigenvalue weighted by molar-refractivity contribution is -0.132. The Morgan fingerprint density at radius 3 is 2.58 bits per heavy atom. The predicted molar refractivity (Wildman–Crippen MR) is 122 cm³/mol. The van der Waals surface area contributed by atoms with Gasteiger partial charge in [0.05, 0.1) is 23.5 Å². The van der Waals surface area contributed by atoms with Gasteiger partial charge in [-0.25, -0.2) is 0 Å². The second-order valence-electron chi connectivity index (χ2n) is 8.06. The Labute approximate surface area is 189 Å². The van der Waals surface area contributed by atoms with Crippen molar-refractivity contribution in [3.05, 3.63) is 77.3 Å². The molecule has 8 heteroatoms. The Kier molecular flexibility index (Phi) is 4.85. The molecule has 1 saturated heterocycles. The van der Waals surface area contributed by atoms with Crippen molar-refractivity contribution in [3.63, 3.8) is 0 Å². The fourth-order valence-corrected chi connectivity index (χ4v) is 4.27. The van der Waals surface area contributed by atoms with E-state index in [9.17, 15) is 19.8 Å². The number of nitrogens with zero attached hydrogens (tertiary/aromatic N) is 2. The van der Waals surface area contributed by atoms with Gasteiger partial charge in [0, 0.05) is 12.6 Å². The van der Waals surface area contributed by atoms with E-state index in [1.807, 2.05) is 11.9 Å². The molecule has 1 fully saturated rings. The number of ether oxygens (including phenoxy) is 1. The number of phenols is 1. The first kappa shape index (κ1) is 20.7. The molecule has 1 aromatic heterocycles. The number of likely N-dealkylation sites (N-methyl/N-ethyl adjacent to an activating group) is 1. The summed E-state index contributed by atoms with van der Waals surface area (Å²) < 4.78 is 11.4. The standard InChI is InChI=1S/C25H22N2O6/c1-14-7-9-20(33-14)22-21(24(30)25(31)27(22)16-5-3-4-6-18(16)28)23(29)15-8-10-19-17(13-15)26(2)11-12-32-19/h3-10,13,22,28-29H,11-12H2,1-2H3/b23-21-. The molecular formula is C25H22N2O6. The van der Waals surface area contributed by atoms with E-state index in [-0.39, 0.29) is 22.8 Å². The normalized spacial score (nSPS) is 19.5. The molecule has 3 aromatic rings. The highest BCUT2D eigenvalue weighted by molar-refractivity contribution is 6.51. The molecule has 33 heavy (non-hydrogen) atoms. The number of para-hydroxylation sites is 2. The van der Waals surface area contributed by atoms with Gasteiger partial charge in [0.2, 0.25) is 0 Å². The summed E-state index contributed by atoms with van der Waals surface area (Å²) in [6.07, 6.45) is 0. The van der Waals surface area contributed by atoms with Crippen molar-refractivity contribution >= 4 is 28.8 Å². The van der Waals surface area contributed by atoms with Gasteiger partial charge >= 0.3 is 0 Å². The van der Waals surface area contributed by atoms with E-state index >= 15 is 0 Å². The lowest BCUT2D eigenvalue weighted by Gasteiger charge is -2.28. The van der Waals surface area contributed by atoms with Gasteiger partial charge in [0.1, 0.15) is 41.4 Å². The number of amides is 1. The van der Waals surface area contributed by atoms with Crippen molar-refractivity contribution in [2.75, 3.05) is 30.0 Å². The van der Waals surface area contributed by atoms with E-state index < -0.39 is 17.7 Å². The topological polar surface area (TPSA) is 103 Å². The molecule has 2 aliphatic heterocycles. The van der Waals surface area contributed by atoms with Crippen molar-refractivity contribution in [3.8, 4) is 11.5 Å². The highest BCUT2D eigenvalue weighted by Gasteiger charge is 2.49. The van der Waals surface area contributed by atoms with Crippen LogP contribution in [0.25, 0.3) is 5.76 Å². The van der Waals surface area contributed by atoms with Gasteiger partial charge in [0.15, 0.2) is 0 Å². The number of aromatic hydroxyl groups is 1. The number of carbonyl (C=O) groups excluding carboxylic acids is 2. The van der Waals surface area contributed by atoms with Crippen molar-refractivity contribution in [2.24, 2.45) is 0 Å². The van der Waals surface area contributed by atoms with Crippen LogP contribution in [0.4, 0.5) is 11.4 Å². The van der Waals surface area contributed by atoms with Crippen LogP contribution in [0.5, 0.6) is 11.5 Å². The fourth-order valence-electron chi connectivity index (χ4n) is 4.27. The molecule has 1 amide bonds. The largest absolute Gasteiger partial charge is 0.507 e. The van der Waals surface area contributed by atoms with E-state index in [1.54, 1.807) is 49.4 Å². The average molecular weight is 446 g/mol. The lowest BCUT2D eigenvalue weighted by atomic mass is 9.98. The van der Waals surface area contributed by atoms with Crippen molar-refractivity contribution in [1.82, 2.24) is 0 Å². The fraction of sp³-hybridized carbons (Fsp3) is 0.200. The summed E-state index contributed by atoms with van der Waals surface area (Å²) in [7, 11) is 1.91. The quantitative estimate of drug-likeness (QED) is 0.359. The Balaban J connectivity index is 1.70. The molecule has 1 unspecified atom stereocenters. The molecule has 1 atom stereocenters.